The molecule has 0 aliphatic heterocycles. The van der Waals surface area contributed by atoms with Crippen molar-refractivity contribution in [3.8, 4) is 0 Å². The Hall–Kier alpha value is -2.24. The third-order valence-corrected chi connectivity index (χ3v) is 3.57. The summed E-state index contributed by atoms with van der Waals surface area (Å²) >= 11 is 0. The number of benzene rings is 1. The average Bonchev–Trinajstić information content (AvgIpc) is 2.89. The third kappa shape index (κ3) is 2.29. The minimum absolute atomic E-state index is 0.00370. The predicted molar refractivity (Wildman–Crippen MR) is 78.7 cm³/mol. The van der Waals surface area contributed by atoms with Gasteiger partial charge in [0.1, 0.15) is 5.82 Å². The van der Waals surface area contributed by atoms with Crippen LogP contribution in [0.1, 0.15) is 17.4 Å². The van der Waals surface area contributed by atoms with Crippen LogP contribution in [-0.4, -0.2) is 14.5 Å². The minimum Gasteiger partial charge on any atom is -0.338 e. The second-order valence-corrected chi connectivity index (χ2v) is 4.80. The largest absolute Gasteiger partial charge is 0.338 e. The molecule has 0 saturated heterocycles. The molecule has 0 radical (unpaired) electrons. The molecule has 0 aliphatic carbocycles. The summed E-state index contributed by atoms with van der Waals surface area (Å²) in [4.78, 5) is 8.74. The van der Waals surface area contributed by atoms with Crippen molar-refractivity contribution in [2.45, 2.75) is 12.5 Å². The van der Waals surface area contributed by atoms with Gasteiger partial charge < -0.3 is 4.57 Å². The van der Waals surface area contributed by atoms with Crippen LogP contribution >= 0.6 is 0 Å². The summed E-state index contributed by atoms with van der Waals surface area (Å²) in [7, 11) is 1.99. The predicted octanol–water partition coefficient (Wildman–Crippen LogP) is 1.72. The topological polar surface area (TPSA) is 68.8 Å². The molecule has 2 aromatic heterocycles. The van der Waals surface area contributed by atoms with E-state index in [0.29, 0.717) is 0 Å². The lowest BCUT2D eigenvalue weighted by atomic mass is 10.00. The molecule has 102 valence electrons. The molecular formula is C15H17N5. The first-order chi connectivity index (χ1) is 9.79. The molecule has 0 fully saturated rings. The van der Waals surface area contributed by atoms with Crippen LogP contribution < -0.4 is 11.3 Å². The lowest BCUT2D eigenvalue weighted by Gasteiger charge is -2.18. The molecule has 5 heteroatoms. The third-order valence-electron chi connectivity index (χ3n) is 3.57. The van der Waals surface area contributed by atoms with Gasteiger partial charge in [-0.3, -0.25) is 16.3 Å². The van der Waals surface area contributed by atoms with Crippen molar-refractivity contribution in [1.29, 1.82) is 0 Å². The highest BCUT2D eigenvalue weighted by molar-refractivity contribution is 5.82. The van der Waals surface area contributed by atoms with E-state index in [1.54, 1.807) is 6.20 Å². The molecule has 1 atom stereocenters. The van der Waals surface area contributed by atoms with Gasteiger partial charge in [-0.05, 0) is 17.7 Å². The zero-order valence-electron chi connectivity index (χ0n) is 11.3. The van der Waals surface area contributed by atoms with Gasteiger partial charge in [0.05, 0.1) is 11.6 Å². The van der Waals surface area contributed by atoms with Crippen LogP contribution in [-0.2, 0) is 13.5 Å². The van der Waals surface area contributed by atoms with E-state index in [1.165, 1.54) is 0 Å². The monoisotopic (exact) mass is 267 g/mol. The fourth-order valence-electron chi connectivity index (χ4n) is 2.46. The molecule has 2 heterocycles. The number of nitrogens with two attached hydrogens (primary N) is 1. The Labute approximate surface area is 117 Å². The number of fused-ring (bicyclic) bond motifs is 1. The molecule has 3 N–H and O–H groups in total. The van der Waals surface area contributed by atoms with Crippen molar-refractivity contribution >= 4 is 10.9 Å². The summed E-state index contributed by atoms with van der Waals surface area (Å²) in [5, 5.41) is 1.12. The van der Waals surface area contributed by atoms with Crippen LogP contribution in [0.2, 0.25) is 0 Å². The van der Waals surface area contributed by atoms with Gasteiger partial charge in [-0.1, -0.05) is 18.2 Å². The number of rotatable bonds is 4. The fraction of sp³-hybridized carbons (Fsp3) is 0.200. The highest BCUT2D eigenvalue weighted by Gasteiger charge is 2.15. The lowest BCUT2D eigenvalue weighted by Crippen LogP contribution is -2.30. The Morgan fingerprint density at radius 2 is 2.05 bits per heavy atom. The molecule has 0 saturated carbocycles. The highest BCUT2D eigenvalue weighted by atomic mass is 15.2. The Kier molecular flexibility index (Phi) is 3.45. The van der Waals surface area contributed by atoms with E-state index in [0.717, 1.165) is 28.7 Å². The van der Waals surface area contributed by atoms with Gasteiger partial charge in [0, 0.05) is 37.4 Å². The minimum atomic E-state index is 0.00370. The van der Waals surface area contributed by atoms with Gasteiger partial charge in [-0.25, -0.2) is 4.98 Å². The van der Waals surface area contributed by atoms with Crippen LogP contribution in [0.4, 0.5) is 0 Å². The lowest BCUT2D eigenvalue weighted by molar-refractivity contribution is 0.533. The Balaban J connectivity index is 2.01. The van der Waals surface area contributed by atoms with Crippen molar-refractivity contribution in [2.24, 2.45) is 12.9 Å². The molecule has 20 heavy (non-hydrogen) atoms. The van der Waals surface area contributed by atoms with Crippen molar-refractivity contribution in [2.75, 3.05) is 0 Å². The summed E-state index contributed by atoms with van der Waals surface area (Å²) < 4.78 is 2.01. The molecule has 0 aliphatic rings. The maximum absolute atomic E-state index is 5.76. The second-order valence-electron chi connectivity index (χ2n) is 4.80. The number of aromatic nitrogens is 3. The molecule has 1 unspecified atom stereocenters. The van der Waals surface area contributed by atoms with Gasteiger partial charge in [-0.15, -0.1) is 0 Å². The van der Waals surface area contributed by atoms with Crippen molar-refractivity contribution < 1.29 is 0 Å². The van der Waals surface area contributed by atoms with Gasteiger partial charge >= 0.3 is 0 Å². The summed E-state index contributed by atoms with van der Waals surface area (Å²) in [6.45, 7) is 0. The first-order valence-electron chi connectivity index (χ1n) is 6.55. The number of hydrazine groups is 1. The van der Waals surface area contributed by atoms with Crippen molar-refractivity contribution in [3.63, 3.8) is 0 Å². The van der Waals surface area contributed by atoms with Crippen LogP contribution in [0.3, 0.4) is 0 Å². The number of nitrogens with one attached hydrogen (secondary N) is 1. The van der Waals surface area contributed by atoms with E-state index in [-0.39, 0.29) is 6.04 Å². The van der Waals surface area contributed by atoms with E-state index in [9.17, 15) is 0 Å². The number of pyridine rings is 1. The van der Waals surface area contributed by atoms with E-state index in [4.69, 9.17) is 5.84 Å². The molecule has 3 aromatic rings. The maximum atomic E-state index is 5.76. The van der Waals surface area contributed by atoms with Crippen LogP contribution in [0.15, 0.2) is 48.9 Å². The van der Waals surface area contributed by atoms with E-state index < -0.39 is 0 Å². The second kappa shape index (κ2) is 5.40. The smallest absolute Gasteiger partial charge is 0.110 e. The summed E-state index contributed by atoms with van der Waals surface area (Å²) in [5.41, 5.74) is 5.01. The molecule has 0 bridgehead atoms. The molecule has 1 aromatic carbocycles. The number of aryl methyl sites for hydroxylation is 1. The van der Waals surface area contributed by atoms with Gasteiger partial charge in [0.2, 0.25) is 0 Å². The zero-order chi connectivity index (χ0) is 13.9. The number of hydrogen-bond acceptors (Lipinski definition) is 4. The van der Waals surface area contributed by atoms with Gasteiger partial charge in [0.15, 0.2) is 0 Å². The fourth-order valence-corrected chi connectivity index (χ4v) is 2.46. The van der Waals surface area contributed by atoms with Crippen LogP contribution in [0, 0.1) is 0 Å². The zero-order valence-corrected chi connectivity index (χ0v) is 11.3. The summed E-state index contributed by atoms with van der Waals surface area (Å²) in [6, 6.07) is 10.1. The SMILES string of the molecule is Cn1ccnc1CC(NN)c1ccnc2ccccc12. The Bertz CT molecular complexity index is 714. The van der Waals surface area contributed by atoms with Gasteiger partial charge in [-0.2, -0.15) is 0 Å². The molecular weight excluding hydrogens is 250 g/mol. The van der Waals surface area contributed by atoms with Crippen molar-refractivity contribution in [3.05, 3.63) is 60.3 Å². The van der Waals surface area contributed by atoms with Crippen molar-refractivity contribution in [1.82, 2.24) is 20.0 Å². The average molecular weight is 267 g/mol. The van der Waals surface area contributed by atoms with E-state index in [1.807, 2.05) is 48.3 Å². The first kappa shape index (κ1) is 12.8. The number of para-hydroxylation sites is 1. The number of imidazole rings is 1. The Morgan fingerprint density at radius 1 is 1.20 bits per heavy atom. The number of hydrogen-bond donors (Lipinski definition) is 2. The molecule has 3 rings (SSSR count). The maximum Gasteiger partial charge on any atom is 0.110 e. The Morgan fingerprint density at radius 3 is 2.80 bits per heavy atom. The normalized spacial score (nSPS) is 12.7. The highest BCUT2D eigenvalue weighted by Crippen LogP contribution is 2.24. The molecule has 5 nitrogen and oxygen atoms in total. The first-order valence-corrected chi connectivity index (χ1v) is 6.55. The van der Waals surface area contributed by atoms with E-state index >= 15 is 0 Å². The molecule has 0 spiro atoms. The quantitative estimate of drug-likeness (QED) is 0.558. The van der Waals surface area contributed by atoms with Crippen LogP contribution in [0.25, 0.3) is 10.9 Å². The van der Waals surface area contributed by atoms with Crippen LogP contribution in [0.5, 0.6) is 0 Å². The number of nitrogens with zero attached hydrogens (tertiary/aromatic N) is 3. The van der Waals surface area contributed by atoms with Gasteiger partial charge in [0.25, 0.3) is 0 Å². The summed E-state index contributed by atoms with van der Waals surface area (Å²) in [5.74, 6) is 6.75. The standard InChI is InChI=1S/C15H17N5/c1-20-9-8-18-15(20)10-14(19-16)12-6-7-17-13-5-3-2-4-11(12)13/h2-9,14,19H,10,16H2,1H3. The van der Waals surface area contributed by atoms with E-state index in [2.05, 4.69) is 21.5 Å². The molecule has 0 amide bonds. The summed E-state index contributed by atoms with van der Waals surface area (Å²) in [6.07, 6.45) is 6.29.